The summed E-state index contributed by atoms with van der Waals surface area (Å²) in [6.07, 6.45) is 4.88. The summed E-state index contributed by atoms with van der Waals surface area (Å²) in [5.74, 6) is 2.57. The summed E-state index contributed by atoms with van der Waals surface area (Å²) in [7, 11) is 4.27. The van der Waals surface area contributed by atoms with E-state index in [1.165, 1.54) is 50.2 Å². The van der Waals surface area contributed by atoms with Crippen LogP contribution >= 0.6 is 0 Å². The molecule has 3 heterocycles. The number of rotatable bonds is 21. The zero-order chi connectivity index (χ0) is 58.5. The molecule has 0 spiro atoms. The van der Waals surface area contributed by atoms with E-state index in [1.54, 1.807) is 17.6 Å². The summed E-state index contributed by atoms with van der Waals surface area (Å²) in [4.78, 5) is 41.2. The zero-order valence-corrected chi connectivity index (χ0v) is 50.3. The van der Waals surface area contributed by atoms with Crippen molar-refractivity contribution in [2.45, 2.75) is 112 Å². The minimum absolute atomic E-state index is 0. The molecule has 445 valence electrons. The number of ether oxygens (including phenoxy) is 3. The predicted octanol–water partition coefficient (Wildman–Crippen LogP) is 10.7. The van der Waals surface area contributed by atoms with Crippen LogP contribution in [-0.4, -0.2) is 109 Å². The molecule has 0 unspecified atom stereocenters. The first-order chi connectivity index (χ1) is 38.9. The third-order valence-electron chi connectivity index (χ3n) is 13.1. The van der Waals surface area contributed by atoms with E-state index in [0.29, 0.717) is 63.1 Å². The van der Waals surface area contributed by atoms with Crippen LogP contribution < -0.4 is 36.1 Å². The predicted molar refractivity (Wildman–Crippen MR) is 310 cm³/mol. The minimum atomic E-state index is -0.776. The van der Waals surface area contributed by atoms with Crippen molar-refractivity contribution in [1.82, 2.24) is 36.0 Å². The van der Waals surface area contributed by atoms with Crippen molar-refractivity contribution >= 4 is 11.9 Å². The van der Waals surface area contributed by atoms with Crippen molar-refractivity contribution in [3.63, 3.8) is 0 Å². The molecule has 2 saturated heterocycles. The molecule has 0 bridgehead atoms. The molecule has 0 saturated carbocycles. The van der Waals surface area contributed by atoms with Gasteiger partial charge in [0.1, 0.15) is 28.9 Å². The van der Waals surface area contributed by atoms with Crippen molar-refractivity contribution in [3.8, 4) is 17.2 Å². The summed E-state index contributed by atoms with van der Waals surface area (Å²) in [6.45, 7) is 20.7. The Morgan fingerprint density at radius 2 is 1.04 bits per heavy atom. The molecule has 2 aliphatic heterocycles. The number of carbonyl (C=O) groups is 2. The molecule has 82 heavy (non-hydrogen) atoms. The van der Waals surface area contributed by atoms with E-state index < -0.39 is 11.7 Å². The summed E-state index contributed by atoms with van der Waals surface area (Å²) in [6, 6.07) is 36.5. The molecule has 19 heteroatoms. The molecular weight excluding hydrogens is 1090 g/mol. The Kier molecular flexibility index (Phi) is 30.5. The van der Waals surface area contributed by atoms with Gasteiger partial charge in [-0.05, 0) is 177 Å². The Balaban J connectivity index is 0.000000245. The third-order valence-corrected chi connectivity index (χ3v) is 13.1. The first-order valence-electron chi connectivity index (χ1n) is 28.1. The average molecular weight is 1170 g/mol. The SMILES string of the molecule is CC(C)COc1ccc(CC(=O)NO)cc1.CC(C)COc1ccc(CNC(=O)N(Cc2ccc(F)cc2)C2CCN(C)CC2)cc1.CC(C)COc1ccc(Cc2noc(=O)o2)cc1.CN1CCC(NCc2ccc(F)cc2)CC1.[V]. The summed E-state index contributed by atoms with van der Waals surface area (Å²) in [5, 5.41) is 18.5. The van der Waals surface area contributed by atoms with E-state index >= 15 is 0 Å². The van der Waals surface area contributed by atoms with Gasteiger partial charge in [0.15, 0.2) is 0 Å². The van der Waals surface area contributed by atoms with Crippen LogP contribution in [0.25, 0.3) is 0 Å². The summed E-state index contributed by atoms with van der Waals surface area (Å²) < 4.78 is 51.9. The number of piperidine rings is 2. The molecule has 1 radical (unpaired) electrons. The van der Waals surface area contributed by atoms with Crippen LogP contribution in [0.4, 0.5) is 13.6 Å². The molecule has 0 atom stereocenters. The second-order valence-corrected chi connectivity index (χ2v) is 21.9. The monoisotopic (exact) mass is 1170 g/mol. The van der Waals surface area contributed by atoms with Crippen LogP contribution in [0.15, 0.2) is 135 Å². The molecule has 6 aromatic rings. The van der Waals surface area contributed by atoms with Crippen molar-refractivity contribution in [1.29, 1.82) is 0 Å². The fraction of sp³-hybridized carbons (Fsp3) is 0.460. The van der Waals surface area contributed by atoms with Crippen LogP contribution in [0.2, 0.25) is 0 Å². The Labute approximate surface area is 495 Å². The smallest absolute Gasteiger partial charge is 0.493 e. The number of aromatic nitrogens is 1. The quantitative estimate of drug-likeness (QED) is 0.0395. The number of hydrogen-bond acceptors (Lipinski definition) is 13. The van der Waals surface area contributed by atoms with Gasteiger partial charge in [0.25, 0.3) is 0 Å². The Morgan fingerprint density at radius 3 is 1.48 bits per heavy atom. The molecule has 16 nitrogen and oxygen atoms in total. The second-order valence-electron chi connectivity index (χ2n) is 21.9. The molecular formula is C63H85F2N7O9V. The standard InChI is InChI=1S/C25H34FN3O2.C13H19FN2.C13H15NO4.C12H17NO3.V/c1-19(2)18-31-24-10-6-20(7-11-24)16-27-25(30)29(23-12-14-28(3)15-13-23)17-21-4-8-22(26)9-5-21;1-16-8-6-13(7-9-16)15-10-11-2-4-12(14)5-3-11;1-9(2)8-16-11-5-3-10(4-6-11)7-12-14-18-13(15)17-12;1-9(2)8-16-11-5-3-10(4-6-11)7-12(14)13-15;/h4-11,19,23H,12-18H2,1-3H3,(H,27,30);2-5,13,15H,6-10H2,1H3;3-6,9H,7-8H2,1-2H3;3-6,9,15H,7-8H2,1-2H3,(H,13,14);. The fourth-order valence-corrected chi connectivity index (χ4v) is 8.41. The third kappa shape index (κ3) is 27.0. The molecule has 2 fully saturated rings. The van der Waals surface area contributed by atoms with Crippen molar-refractivity contribution in [2.24, 2.45) is 17.8 Å². The first-order valence-corrected chi connectivity index (χ1v) is 28.1. The maximum Gasteiger partial charge on any atom is 0.542 e. The molecule has 1 aromatic heterocycles. The fourth-order valence-electron chi connectivity index (χ4n) is 8.41. The van der Waals surface area contributed by atoms with Crippen LogP contribution in [0.5, 0.6) is 17.2 Å². The number of benzene rings is 5. The van der Waals surface area contributed by atoms with E-state index in [0.717, 1.165) is 77.5 Å². The van der Waals surface area contributed by atoms with Crippen molar-refractivity contribution in [2.75, 3.05) is 60.1 Å². The Bertz CT molecular complexity index is 2750. The van der Waals surface area contributed by atoms with Crippen LogP contribution in [0.1, 0.15) is 101 Å². The van der Waals surface area contributed by atoms with Gasteiger partial charge in [-0.15, -0.1) is 0 Å². The number of hydroxylamine groups is 1. The number of nitrogens with zero attached hydrogens (tertiary/aromatic N) is 4. The van der Waals surface area contributed by atoms with Gasteiger partial charge in [0.05, 0.1) is 32.7 Å². The Hall–Kier alpha value is -6.54. The van der Waals surface area contributed by atoms with E-state index in [2.05, 4.69) is 85.8 Å². The van der Waals surface area contributed by atoms with Gasteiger partial charge >= 0.3 is 11.9 Å². The van der Waals surface area contributed by atoms with E-state index in [9.17, 15) is 23.2 Å². The van der Waals surface area contributed by atoms with Gasteiger partial charge in [-0.2, -0.15) is 0 Å². The number of urea groups is 1. The number of hydrogen-bond donors (Lipinski definition) is 4. The first kappa shape index (κ1) is 68.0. The topological polar surface area (TPSA) is 184 Å². The van der Waals surface area contributed by atoms with E-state index in [-0.39, 0.29) is 54.6 Å². The average Bonchev–Trinajstić information content (AvgIpc) is 3.94. The van der Waals surface area contributed by atoms with Gasteiger partial charge in [-0.25, -0.2) is 23.9 Å². The molecule has 4 N–H and O–H groups in total. The molecule has 2 aliphatic rings. The van der Waals surface area contributed by atoms with Crippen molar-refractivity contribution in [3.05, 3.63) is 177 Å². The number of carbonyl (C=O) groups excluding carboxylic acids is 2. The normalized spacial score (nSPS) is 13.8. The van der Waals surface area contributed by atoms with E-state index in [1.807, 2.05) is 89.8 Å². The van der Waals surface area contributed by atoms with Gasteiger partial charge in [0.2, 0.25) is 11.8 Å². The molecule has 5 aromatic carbocycles. The Morgan fingerprint density at radius 1 is 0.622 bits per heavy atom. The molecule has 8 rings (SSSR count). The second kappa shape index (κ2) is 36.8. The van der Waals surface area contributed by atoms with Crippen LogP contribution in [0, 0.1) is 29.4 Å². The zero-order valence-electron chi connectivity index (χ0n) is 49.0. The van der Waals surface area contributed by atoms with Crippen LogP contribution in [0.3, 0.4) is 0 Å². The molecule has 3 amide bonds. The summed E-state index contributed by atoms with van der Waals surface area (Å²) >= 11 is 0. The van der Waals surface area contributed by atoms with Gasteiger partial charge in [-0.3, -0.25) is 14.5 Å². The van der Waals surface area contributed by atoms with Crippen molar-refractivity contribution < 1.29 is 65.3 Å². The van der Waals surface area contributed by atoms with Gasteiger partial charge in [-0.1, -0.05) is 102 Å². The van der Waals surface area contributed by atoms with E-state index in [4.69, 9.17) is 23.8 Å². The largest absolute Gasteiger partial charge is 0.542 e. The van der Waals surface area contributed by atoms with Gasteiger partial charge < -0.3 is 44.0 Å². The maximum atomic E-state index is 13.3. The van der Waals surface area contributed by atoms with Gasteiger partial charge in [0, 0.05) is 50.3 Å². The minimum Gasteiger partial charge on any atom is -0.493 e. The molecule has 0 aliphatic carbocycles. The number of halogens is 2. The number of amides is 3. The number of nitrogens with one attached hydrogen (secondary N) is 3. The van der Waals surface area contributed by atoms with Crippen LogP contribution in [-0.2, 0) is 55.8 Å². The number of likely N-dealkylation sites (tertiary alicyclic amines) is 2. The summed E-state index contributed by atoms with van der Waals surface area (Å²) in [5.41, 5.74) is 6.52. The maximum absolute atomic E-state index is 13.3.